The third-order valence-electron chi connectivity index (χ3n) is 2.95. The summed E-state index contributed by atoms with van der Waals surface area (Å²) >= 11 is 0. The van der Waals surface area contributed by atoms with Crippen molar-refractivity contribution in [2.45, 2.75) is 26.4 Å². The van der Waals surface area contributed by atoms with Crippen molar-refractivity contribution >= 4 is 5.91 Å². The van der Waals surface area contributed by atoms with Crippen LogP contribution in [0.25, 0.3) is 0 Å². The van der Waals surface area contributed by atoms with E-state index in [0.717, 1.165) is 11.3 Å². The van der Waals surface area contributed by atoms with Gasteiger partial charge < -0.3 is 19.7 Å². The minimum Gasteiger partial charge on any atom is -0.493 e. The fraction of sp³-hybridized carbons (Fsp3) is 0.533. The summed E-state index contributed by atoms with van der Waals surface area (Å²) < 4.78 is 10.8. The maximum absolute atomic E-state index is 11.8. The number of benzene rings is 1. The molecule has 1 aromatic carbocycles. The Bertz CT molecular complexity index is 447. The van der Waals surface area contributed by atoms with Crippen molar-refractivity contribution in [3.8, 4) is 11.5 Å². The smallest absolute Gasteiger partial charge is 0.238 e. The van der Waals surface area contributed by atoms with E-state index < -0.39 is 0 Å². The van der Waals surface area contributed by atoms with Gasteiger partial charge >= 0.3 is 0 Å². The van der Waals surface area contributed by atoms with Crippen LogP contribution in [-0.2, 0) is 11.3 Å². The molecule has 1 N–H and O–H groups in total. The predicted octanol–water partition coefficient (Wildman–Crippen LogP) is 1.66. The average molecular weight is 280 g/mol. The monoisotopic (exact) mass is 280 g/mol. The minimum atomic E-state index is -0.220. The highest BCUT2D eigenvalue weighted by molar-refractivity contribution is 5.80. The number of likely N-dealkylation sites (N-methyl/N-ethyl adjacent to an activating group) is 1. The van der Waals surface area contributed by atoms with Gasteiger partial charge in [-0.3, -0.25) is 4.79 Å². The third kappa shape index (κ3) is 4.42. The lowest BCUT2D eigenvalue weighted by molar-refractivity contribution is -0.130. The van der Waals surface area contributed by atoms with Crippen molar-refractivity contribution in [2.75, 3.05) is 27.8 Å². The van der Waals surface area contributed by atoms with Crippen LogP contribution in [0.1, 0.15) is 19.4 Å². The van der Waals surface area contributed by atoms with Crippen molar-refractivity contribution in [2.24, 2.45) is 0 Å². The van der Waals surface area contributed by atoms with Gasteiger partial charge in [0.2, 0.25) is 5.91 Å². The van der Waals surface area contributed by atoms with Gasteiger partial charge in [0.1, 0.15) is 0 Å². The summed E-state index contributed by atoms with van der Waals surface area (Å²) in [7, 11) is 5.12. The Balaban J connectivity index is 2.69. The summed E-state index contributed by atoms with van der Waals surface area (Å²) in [6.45, 7) is 4.98. The number of hydrogen-bond donors (Lipinski definition) is 1. The van der Waals surface area contributed by atoms with Crippen molar-refractivity contribution in [3.05, 3.63) is 23.8 Å². The Kier molecular flexibility index (Phi) is 6.31. The molecule has 0 fully saturated rings. The molecule has 0 spiro atoms. The van der Waals surface area contributed by atoms with Crippen LogP contribution in [-0.4, -0.2) is 44.7 Å². The van der Waals surface area contributed by atoms with Crippen molar-refractivity contribution in [1.82, 2.24) is 10.2 Å². The first-order chi connectivity index (χ1) is 9.49. The lowest BCUT2D eigenvalue weighted by atomic mass is 10.2. The number of carbonyl (C=O) groups is 1. The van der Waals surface area contributed by atoms with Gasteiger partial charge in [-0.2, -0.15) is 0 Å². The summed E-state index contributed by atoms with van der Waals surface area (Å²) in [6.07, 6.45) is 0. The van der Waals surface area contributed by atoms with Crippen LogP contribution in [0.15, 0.2) is 18.2 Å². The largest absolute Gasteiger partial charge is 0.493 e. The summed E-state index contributed by atoms with van der Waals surface area (Å²) in [5.74, 6) is 1.50. The molecule has 0 saturated heterocycles. The minimum absolute atomic E-state index is 0.0588. The molecule has 1 unspecified atom stereocenters. The molecule has 20 heavy (non-hydrogen) atoms. The fourth-order valence-electron chi connectivity index (χ4n) is 1.84. The molecule has 112 valence electrons. The normalized spacial score (nSPS) is 11.8. The fourth-order valence-corrected chi connectivity index (χ4v) is 1.84. The molecule has 0 aliphatic rings. The van der Waals surface area contributed by atoms with E-state index in [9.17, 15) is 4.79 Å². The molecule has 1 rings (SSSR count). The summed E-state index contributed by atoms with van der Waals surface area (Å²) in [5.41, 5.74) is 1.05. The van der Waals surface area contributed by atoms with E-state index in [0.29, 0.717) is 18.9 Å². The standard InChI is InChI=1S/C15H24N2O3/c1-6-20-14-9-12(7-8-13(14)19-5)10-16-11(2)15(18)17(3)4/h7-9,11,16H,6,10H2,1-5H3. The van der Waals surface area contributed by atoms with Crippen LogP contribution in [0.5, 0.6) is 11.5 Å². The van der Waals surface area contributed by atoms with Gasteiger partial charge in [0.25, 0.3) is 0 Å². The van der Waals surface area contributed by atoms with E-state index in [1.807, 2.05) is 32.0 Å². The molecule has 5 nitrogen and oxygen atoms in total. The Morgan fingerprint density at radius 1 is 1.35 bits per heavy atom. The van der Waals surface area contributed by atoms with E-state index in [4.69, 9.17) is 9.47 Å². The second-order valence-corrected chi connectivity index (χ2v) is 4.75. The number of rotatable bonds is 7. The molecule has 0 aliphatic heterocycles. The number of nitrogens with zero attached hydrogens (tertiary/aromatic N) is 1. The van der Waals surface area contributed by atoms with Crippen LogP contribution in [0.4, 0.5) is 0 Å². The maximum atomic E-state index is 11.8. The van der Waals surface area contributed by atoms with Crippen LogP contribution in [0.2, 0.25) is 0 Å². The lowest BCUT2D eigenvalue weighted by Crippen LogP contribution is -2.41. The molecule has 0 bridgehead atoms. The summed E-state index contributed by atoms with van der Waals surface area (Å²) in [4.78, 5) is 13.3. The molecule has 0 heterocycles. The number of amides is 1. The number of methoxy groups -OCH3 is 1. The molecule has 5 heteroatoms. The van der Waals surface area contributed by atoms with Gasteiger partial charge in [0, 0.05) is 20.6 Å². The molecular formula is C15H24N2O3. The van der Waals surface area contributed by atoms with Gasteiger partial charge in [-0.05, 0) is 31.5 Å². The van der Waals surface area contributed by atoms with E-state index in [2.05, 4.69) is 5.32 Å². The zero-order chi connectivity index (χ0) is 15.1. The van der Waals surface area contributed by atoms with Gasteiger partial charge in [-0.25, -0.2) is 0 Å². The van der Waals surface area contributed by atoms with E-state index in [1.165, 1.54) is 0 Å². The Morgan fingerprint density at radius 3 is 2.60 bits per heavy atom. The summed E-state index contributed by atoms with van der Waals surface area (Å²) in [5, 5.41) is 3.20. The highest BCUT2D eigenvalue weighted by Gasteiger charge is 2.14. The third-order valence-corrected chi connectivity index (χ3v) is 2.95. The van der Waals surface area contributed by atoms with Gasteiger partial charge in [-0.1, -0.05) is 6.07 Å². The van der Waals surface area contributed by atoms with Crippen LogP contribution < -0.4 is 14.8 Å². The van der Waals surface area contributed by atoms with E-state index in [-0.39, 0.29) is 11.9 Å². The molecular weight excluding hydrogens is 256 g/mol. The van der Waals surface area contributed by atoms with E-state index in [1.54, 1.807) is 26.1 Å². The SMILES string of the molecule is CCOc1cc(CNC(C)C(=O)N(C)C)ccc1OC. The number of hydrogen-bond acceptors (Lipinski definition) is 4. The van der Waals surface area contributed by atoms with Crippen molar-refractivity contribution in [1.29, 1.82) is 0 Å². The first-order valence-corrected chi connectivity index (χ1v) is 6.73. The number of ether oxygens (including phenoxy) is 2. The molecule has 0 saturated carbocycles. The quantitative estimate of drug-likeness (QED) is 0.825. The molecule has 1 amide bonds. The molecule has 0 aromatic heterocycles. The molecule has 0 radical (unpaired) electrons. The Hall–Kier alpha value is -1.75. The number of carbonyl (C=O) groups excluding carboxylic acids is 1. The zero-order valence-electron chi connectivity index (χ0n) is 12.9. The molecule has 0 aliphatic carbocycles. The highest BCUT2D eigenvalue weighted by atomic mass is 16.5. The second-order valence-electron chi connectivity index (χ2n) is 4.75. The second kappa shape index (κ2) is 7.75. The highest BCUT2D eigenvalue weighted by Crippen LogP contribution is 2.27. The summed E-state index contributed by atoms with van der Waals surface area (Å²) in [6, 6.07) is 5.55. The molecule has 1 atom stereocenters. The first kappa shape index (κ1) is 16.3. The average Bonchev–Trinajstić information content (AvgIpc) is 2.44. The Morgan fingerprint density at radius 2 is 2.05 bits per heavy atom. The van der Waals surface area contributed by atoms with Crippen molar-refractivity contribution in [3.63, 3.8) is 0 Å². The Labute approximate surface area is 120 Å². The van der Waals surface area contributed by atoms with E-state index >= 15 is 0 Å². The van der Waals surface area contributed by atoms with Crippen LogP contribution in [0.3, 0.4) is 0 Å². The maximum Gasteiger partial charge on any atom is 0.238 e. The predicted molar refractivity (Wildman–Crippen MR) is 79.2 cm³/mol. The number of nitrogens with one attached hydrogen (secondary N) is 1. The topological polar surface area (TPSA) is 50.8 Å². The first-order valence-electron chi connectivity index (χ1n) is 6.73. The van der Waals surface area contributed by atoms with Crippen LogP contribution in [0, 0.1) is 0 Å². The zero-order valence-corrected chi connectivity index (χ0v) is 12.9. The van der Waals surface area contributed by atoms with Crippen LogP contribution >= 0.6 is 0 Å². The lowest BCUT2D eigenvalue weighted by Gasteiger charge is -2.18. The van der Waals surface area contributed by atoms with Gasteiger partial charge in [-0.15, -0.1) is 0 Å². The molecule has 1 aromatic rings. The van der Waals surface area contributed by atoms with Gasteiger partial charge in [0.15, 0.2) is 11.5 Å². The van der Waals surface area contributed by atoms with Crippen molar-refractivity contribution < 1.29 is 14.3 Å². The van der Waals surface area contributed by atoms with Gasteiger partial charge in [0.05, 0.1) is 19.8 Å².